The van der Waals surface area contributed by atoms with Crippen LogP contribution >= 0.6 is 11.8 Å². The maximum Gasteiger partial charge on any atom is 0.156 e. The van der Waals surface area contributed by atoms with Crippen LogP contribution in [0, 0.1) is 11.3 Å². The Morgan fingerprint density at radius 3 is 2.47 bits per heavy atom. The highest BCUT2D eigenvalue weighted by Gasteiger charge is 2.30. The number of rotatable bonds is 8. The van der Waals surface area contributed by atoms with Gasteiger partial charge in [0.1, 0.15) is 0 Å². The Morgan fingerprint density at radius 2 is 2.00 bits per heavy atom. The molecule has 1 rings (SSSR count). The van der Waals surface area contributed by atoms with Crippen molar-refractivity contribution in [3.8, 4) is 0 Å². The van der Waals surface area contributed by atoms with Gasteiger partial charge in [-0.05, 0) is 30.6 Å². The minimum Gasteiger partial charge on any atom is -0.365 e. The molecule has 2 nitrogen and oxygen atoms in total. The van der Waals surface area contributed by atoms with Crippen LogP contribution in [0.1, 0.15) is 66.2 Å². The van der Waals surface area contributed by atoms with Crippen molar-refractivity contribution in [3.63, 3.8) is 0 Å². The summed E-state index contributed by atoms with van der Waals surface area (Å²) in [5.74, 6) is 2.05. The molecule has 1 heterocycles. The number of unbranched alkanes of at least 4 members (excludes halogenated alkanes) is 1. The van der Waals surface area contributed by atoms with E-state index in [9.17, 15) is 0 Å². The predicted molar refractivity (Wildman–Crippen MR) is 89.1 cm³/mol. The van der Waals surface area contributed by atoms with Crippen LogP contribution in [0.3, 0.4) is 0 Å². The Hall–Kier alpha value is -0.180. The molecule has 0 radical (unpaired) electrons. The Kier molecular flexibility index (Phi) is 7.89. The molecule has 0 fully saturated rings. The molecular weight excluding hydrogens is 252 g/mol. The molecule has 0 spiro atoms. The molecule has 0 amide bonds. The number of amidine groups is 1. The van der Waals surface area contributed by atoms with E-state index in [4.69, 9.17) is 4.99 Å². The first-order valence-corrected chi connectivity index (χ1v) is 9.09. The third-order valence-corrected chi connectivity index (χ3v) is 5.96. The number of hydrogen-bond donors (Lipinski definition) is 1. The Bertz CT molecular complexity index is 272. The van der Waals surface area contributed by atoms with Gasteiger partial charge in [0.25, 0.3) is 0 Å². The highest BCUT2D eigenvalue weighted by atomic mass is 32.2. The normalized spacial score (nSPS) is 19.9. The van der Waals surface area contributed by atoms with Crippen molar-refractivity contribution >= 4 is 16.9 Å². The van der Waals surface area contributed by atoms with Crippen LogP contribution in [-0.4, -0.2) is 24.0 Å². The van der Waals surface area contributed by atoms with Crippen LogP contribution in [0.2, 0.25) is 0 Å². The lowest BCUT2D eigenvalue weighted by Gasteiger charge is -2.33. The van der Waals surface area contributed by atoms with Gasteiger partial charge in [0, 0.05) is 18.8 Å². The van der Waals surface area contributed by atoms with Crippen molar-refractivity contribution in [1.29, 1.82) is 0 Å². The molecule has 0 saturated carbocycles. The number of hydrogen-bond acceptors (Lipinski definition) is 3. The highest BCUT2D eigenvalue weighted by molar-refractivity contribution is 8.13. The summed E-state index contributed by atoms with van der Waals surface area (Å²) in [4.78, 5) is 4.78. The molecule has 1 aliphatic heterocycles. The summed E-state index contributed by atoms with van der Waals surface area (Å²) in [5, 5.41) is 4.77. The molecule has 0 aliphatic carbocycles. The van der Waals surface area contributed by atoms with E-state index >= 15 is 0 Å². The number of thioether (sulfide) groups is 1. The maximum absolute atomic E-state index is 4.78. The fourth-order valence-electron chi connectivity index (χ4n) is 2.51. The van der Waals surface area contributed by atoms with Crippen LogP contribution in [0.25, 0.3) is 0 Å². The Labute approximate surface area is 124 Å². The van der Waals surface area contributed by atoms with Crippen LogP contribution < -0.4 is 5.32 Å². The lowest BCUT2D eigenvalue weighted by molar-refractivity contribution is 0.318. The van der Waals surface area contributed by atoms with Gasteiger partial charge in [-0.1, -0.05) is 58.7 Å². The highest BCUT2D eigenvalue weighted by Crippen LogP contribution is 2.34. The first kappa shape index (κ1) is 16.9. The summed E-state index contributed by atoms with van der Waals surface area (Å²) in [7, 11) is 0. The van der Waals surface area contributed by atoms with Gasteiger partial charge in [0.2, 0.25) is 0 Å². The first-order valence-electron chi connectivity index (χ1n) is 8.10. The second kappa shape index (κ2) is 8.89. The lowest BCUT2D eigenvalue weighted by Crippen LogP contribution is -2.36. The van der Waals surface area contributed by atoms with Crippen molar-refractivity contribution in [1.82, 2.24) is 5.32 Å². The van der Waals surface area contributed by atoms with Gasteiger partial charge in [-0.25, -0.2) is 0 Å². The number of nitrogens with zero attached hydrogens (tertiary/aromatic N) is 1. The summed E-state index contributed by atoms with van der Waals surface area (Å²) >= 11 is 1.93. The van der Waals surface area contributed by atoms with Crippen molar-refractivity contribution in [3.05, 3.63) is 0 Å². The van der Waals surface area contributed by atoms with Crippen molar-refractivity contribution in [2.75, 3.05) is 18.8 Å². The third kappa shape index (κ3) is 5.37. The van der Waals surface area contributed by atoms with E-state index < -0.39 is 0 Å². The van der Waals surface area contributed by atoms with E-state index in [1.165, 1.54) is 49.4 Å². The van der Waals surface area contributed by atoms with E-state index in [1.807, 2.05) is 11.8 Å². The summed E-state index contributed by atoms with van der Waals surface area (Å²) in [6, 6.07) is 0. The van der Waals surface area contributed by atoms with Crippen molar-refractivity contribution in [2.45, 2.75) is 66.2 Å². The summed E-state index contributed by atoms with van der Waals surface area (Å²) in [5.41, 5.74) is 0.461. The maximum atomic E-state index is 4.78. The molecular formula is C16H32N2S. The molecule has 1 aliphatic rings. The van der Waals surface area contributed by atoms with Gasteiger partial charge in [-0.2, -0.15) is 0 Å². The van der Waals surface area contributed by atoms with Crippen LogP contribution in [-0.2, 0) is 0 Å². The molecule has 19 heavy (non-hydrogen) atoms. The summed E-state index contributed by atoms with van der Waals surface area (Å²) in [6.07, 6.45) is 7.80. The van der Waals surface area contributed by atoms with E-state index in [2.05, 4.69) is 33.0 Å². The quantitative estimate of drug-likeness (QED) is 0.698. The summed E-state index contributed by atoms with van der Waals surface area (Å²) in [6.45, 7) is 11.3. The zero-order valence-electron chi connectivity index (χ0n) is 13.3. The predicted octanol–water partition coefficient (Wildman–Crippen LogP) is 4.70. The van der Waals surface area contributed by atoms with Gasteiger partial charge in [0.15, 0.2) is 5.17 Å². The fraction of sp³-hybridized carbons (Fsp3) is 0.938. The number of aliphatic imine (C=N–C) groups is 1. The first-order chi connectivity index (χ1) is 9.19. The van der Waals surface area contributed by atoms with E-state index in [0.717, 1.165) is 19.0 Å². The topological polar surface area (TPSA) is 24.4 Å². The van der Waals surface area contributed by atoms with Gasteiger partial charge in [0.05, 0.1) is 0 Å². The third-order valence-electron chi connectivity index (χ3n) is 4.66. The standard InChI is InChI=1S/C16H32N2S/c1-5-9-10-14(6-2)11-17-15-18-12-16(7-3,8-4)13-19-15/h14H,5-13H2,1-4H3,(H,17,18). The fourth-order valence-corrected chi connectivity index (χ4v) is 3.80. The summed E-state index contributed by atoms with van der Waals surface area (Å²) < 4.78 is 0. The molecule has 3 heteroatoms. The number of nitrogens with one attached hydrogen (secondary N) is 1. The van der Waals surface area contributed by atoms with Crippen LogP contribution in [0.15, 0.2) is 4.99 Å². The van der Waals surface area contributed by atoms with Crippen LogP contribution in [0.5, 0.6) is 0 Å². The van der Waals surface area contributed by atoms with Gasteiger partial charge in [-0.15, -0.1) is 0 Å². The smallest absolute Gasteiger partial charge is 0.156 e. The lowest BCUT2D eigenvalue weighted by atomic mass is 9.84. The van der Waals surface area contributed by atoms with Crippen LogP contribution in [0.4, 0.5) is 0 Å². The second-order valence-corrected chi connectivity index (χ2v) is 6.88. The molecule has 0 bridgehead atoms. The monoisotopic (exact) mass is 284 g/mol. The van der Waals surface area contributed by atoms with Crippen molar-refractivity contribution in [2.24, 2.45) is 16.3 Å². The molecule has 0 saturated heterocycles. The minimum atomic E-state index is 0.461. The van der Waals surface area contributed by atoms with Gasteiger partial charge < -0.3 is 5.32 Å². The average Bonchev–Trinajstić information content (AvgIpc) is 2.48. The Morgan fingerprint density at radius 1 is 1.26 bits per heavy atom. The molecule has 1 N–H and O–H groups in total. The molecule has 1 atom stereocenters. The largest absolute Gasteiger partial charge is 0.365 e. The minimum absolute atomic E-state index is 0.461. The molecule has 1 unspecified atom stereocenters. The molecule has 112 valence electrons. The average molecular weight is 285 g/mol. The molecule has 0 aromatic heterocycles. The zero-order chi connectivity index (χ0) is 14.1. The van der Waals surface area contributed by atoms with E-state index in [1.54, 1.807) is 0 Å². The second-order valence-electron chi connectivity index (χ2n) is 5.91. The van der Waals surface area contributed by atoms with E-state index in [-0.39, 0.29) is 0 Å². The van der Waals surface area contributed by atoms with Gasteiger partial charge >= 0.3 is 0 Å². The van der Waals surface area contributed by atoms with Crippen molar-refractivity contribution < 1.29 is 0 Å². The Balaban J connectivity index is 2.36. The molecule has 0 aromatic rings. The zero-order valence-corrected chi connectivity index (χ0v) is 14.1. The SMILES string of the molecule is CCCCC(CC)CNC1=NCC(CC)(CC)CS1. The van der Waals surface area contributed by atoms with E-state index in [0.29, 0.717) is 5.41 Å². The molecule has 0 aromatic carbocycles. The van der Waals surface area contributed by atoms with Gasteiger partial charge in [-0.3, -0.25) is 4.99 Å².